The molecule has 27 heavy (non-hydrogen) atoms. The van der Waals surface area contributed by atoms with Crippen molar-refractivity contribution in [3.05, 3.63) is 47.5 Å². The quantitative estimate of drug-likeness (QED) is 0.846. The number of carbonyl (C=O) groups excluding carboxylic acids is 1. The number of benzene rings is 1. The highest BCUT2D eigenvalue weighted by atomic mass is 19.1. The Morgan fingerprint density at radius 2 is 2.04 bits per heavy atom. The molecule has 2 N–H and O–H groups in total. The van der Waals surface area contributed by atoms with Crippen LogP contribution in [0.4, 0.5) is 16.0 Å². The molecule has 4 rings (SSSR count). The van der Waals surface area contributed by atoms with Crippen LogP contribution in [0.3, 0.4) is 0 Å². The monoisotopic (exact) mass is 369 g/mol. The lowest BCUT2D eigenvalue weighted by Gasteiger charge is -2.20. The maximum Gasteiger partial charge on any atom is 0.219 e. The van der Waals surface area contributed by atoms with E-state index in [-0.39, 0.29) is 17.8 Å². The maximum absolute atomic E-state index is 13.8. The zero-order chi connectivity index (χ0) is 18.8. The topological polar surface area (TPSA) is 70.2 Å². The molecule has 0 bridgehead atoms. The van der Waals surface area contributed by atoms with Gasteiger partial charge < -0.3 is 15.5 Å². The lowest BCUT2D eigenvalue weighted by Crippen LogP contribution is -2.28. The number of carbonyl (C=O) groups is 1. The average molecular weight is 369 g/mol. The SMILES string of the molecule is CC(=O)N1CCC(Nc2cc(NCC3CC3)ncn2)c2ccc(F)cc2C1. The first-order valence-electron chi connectivity index (χ1n) is 9.45. The number of hydrogen-bond donors (Lipinski definition) is 2. The molecule has 0 saturated heterocycles. The summed E-state index contributed by atoms with van der Waals surface area (Å²) in [5, 5.41) is 6.80. The van der Waals surface area contributed by atoms with Crippen LogP contribution in [0.15, 0.2) is 30.6 Å². The van der Waals surface area contributed by atoms with Gasteiger partial charge in [-0.25, -0.2) is 14.4 Å². The van der Waals surface area contributed by atoms with Gasteiger partial charge in [0.25, 0.3) is 0 Å². The van der Waals surface area contributed by atoms with Crippen LogP contribution in [0, 0.1) is 11.7 Å². The highest BCUT2D eigenvalue weighted by Crippen LogP contribution is 2.31. The Kier molecular flexibility index (Phi) is 4.92. The number of nitrogens with zero attached hydrogens (tertiary/aromatic N) is 3. The van der Waals surface area contributed by atoms with Crippen molar-refractivity contribution in [3.8, 4) is 0 Å². The third-order valence-electron chi connectivity index (χ3n) is 5.23. The summed E-state index contributed by atoms with van der Waals surface area (Å²) in [7, 11) is 0. The fourth-order valence-electron chi connectivity index (χ4n) is 3.48. The summed E-state index contributed by atoms with van der Waals surface area (Å²) in [4.78, 5) is 22.2. The van der Waals surface area contributed by atoms with E-state index in [0.717, 1.165) is 41.6 Å². The maximum atomic E-state index is 13.8. The van der Waals surface area contributed by atoms with E-state index in [4.69, 9.17) is 0 Å². The Labute approximate surface area is 158 Å². The van der Waals surface area contributed by atoms with Gasteiger partial charge in [0.2, 0.25) is 5.91 Å². The summed E-state index contributed by atoms with van der Waals surface area (Å²) < 4.78 is 13.8. The molecular weight excluding hydrogens is 345 g/mol. The summed E-state index contributed by atoms with van der Waals surface area (Å²) in [5.74, 6) is 2.00. The molecule has 2 aliphatic rings. The van der Waals surface area contributed by atoms with Crippen molar-refractivity contribution in [2.45, 2.75) is 38.8 Å². The van der Waals surface area contributed by atoms with Crippen molar-refractivity contribution < 1.29 is 9.18 Å². The van der Waals surface area contributed by atoms with E-state index in [1.54, 1.807) is 24.2 Å². The largest absolute Gasteiger partial charge is 0.370 e. The molecule has 2 heterocycles. The summed E-state index contributed by atoms with van der Waals surface area (Å²) in [6, 6.07) is 6.66. The molecule has 1 amide bonds. The number of aromatic nitrogens is 2. The molecule has 1 fully saturated rings. The van der Waals surface area contributed by atoms with E-state index in [1.165, 1.54) is 25.0 Å². The molecular formula is C20H24FN5O. The first-order chi connectivity index (χ1) is 13.1. The zero-order valence-electron chi connectivity index (χ0n) is 15.4. The molecule has 1 aromatic heterocycles. The summed E-state index contributed by atoms with van der Waals surface area (Å²) in [6.07, 6.45) is 4.84. The second kappa shape index (κ2) is 7.50. The second-order valence-electron chi connectivity index (χ2n) is 7.38. The molecule has 0 spiro atoms. The third kappa shape index (κ3) is 4.35. The zero-order valence-corrected chi connectivity index (χ0v) is 15.4. The normalized spacial score (nSPS) is 19.2. The molecule has 1 saturated carbocycles. The first kappa shape index (κ1) is 17.7. The number of amides is 1. The Morgan fingerprint density at radius 3 is 2.81 bits per heavy atom. The molecule has 0 radical (unpaired) electrons. The summed E-state index contributed by atoms with van der Waals surface area (Å²) >= 11 is 0. The van der Waals surface area contributed by atoms with Gasteiger partial charge in [0, 0.05) is 32.6 Å². The lowest BCUT2D eigenvalue weighted by atomic mass is 9.99. The first-order valence-corrected chi connectivity index (χ1v) is 9.45. The Hall–Kier alpha value is -2.70. The third-order valence-corrected chi connectivity index (χ3v) is 5.23. The van der Waals surface area contributed by atoms with Gasteiger partial charge in [0.1, 0.15) is 23.8 Å². The number of nitrogens with one attached hydrogen (secondary N) is 2. The molecule has 142 valence electrons. The standard InChI is InChI=1S/C20H24FN5O/c1-13(27)26-7-6-18(17-5-4-16(21)8-15(17)11-26)25-20-9-19(23-12-24-20)22-10-14-2-3-14/h4-5,8-9,12,14,18H,2-3,6-7,10-11H2,1H3,(H2,22,23,24,25). The minimum atomic E-state index is -0.286. The summed E-state index contributed by atoms with van der Waals surface area (Å²) in [5.41, 5.74) is 1.84. The van der Waals surface area contributed by atoms with E-state index in [9.17, 15) is 9.18 Å². The van der Waals surface area contributed by atoms with Gasteiger partial charge >= 0.3 is 0 Å². The van der Waals surface area contributed by atoms with Crippen LogP contribution in [-0.2, 0) is 11.3 Å². The fourth-order valence-corrected chi connectivity index (χ4v) is 3.48. The molecule has 1 atom stereocenters. The number of hydrogen-bond acceptors (Lipinski definition) is 5. The van der Waals surface area contributed by atoms with E-state index >= 15 is 0 Å². The van der Waals surface area contributed by atoms with Gasteiger partial charge in [0.05, 0.1) is 6.04 Å². The average Bonchev–Trinajstić information content (AvgIpc) is 3.48. The molecule has 1 unspecified atom stereocenters. The molecule has 6 nitrogen and oxygen atoms in total. The minimum absolute atomic E-state index is 0.000500. The van der Waals surface area contributed by atoms with Crippen molar-refractivity contribution in [2.24, 2.45) is 5.92 Å². The molecule has 7 heteroatoms. The van der Waals surface area contributed by atoms with Gasteiger partial charge in [-0.3, -0.25) is 4.79 Å². The minimum Gasteiger partial charge on any atom is -0.370 e. The van der Waals surface area contributed by atoms with Crippen LogP contribution in [0.2, 0.25) is 0 Å². The molecule has 1 aliphatic heterocycles. The van der Waals surface area contributed by atoms with Crippen molar-refractivity contribution in [2.75, 3.05) is 23.7 Å². The van der Waals surface area contributed by atoms with Crippen LogP contribution < -0.4 is 10.6 Å². The fraction of sp³-hybridized carbons (Fsp3) is 0.450. The van der Waals surface area contributed by atoms with Crippen LogP contribution in [0.1, 0.15) is 43.4 Å². The van der Waals surface area contributed by atoms with E-state index in [1.807, 2.05) is 6.07 Å². The van der Waals surface area contributed by atoms with Crippen molar-refractivity contribution >= 4 is 17.5 Å². The van der Waals surface area contributed by atoms with Gasteiger partial charge in [-0.1, -0.05) is 6.07 Å². The molecule has 2 aromatic rings. The lowest BCUT2D eigenvalue weighted by molar-refractivity contribution is -0.129. The Morgan fingerprint density at radius 1 is 1.22 bits per heavy atom. The van der Waals surface area contributed by atoms with Crippen molar-refractivity contribution in [1.29, 1.82) is 0 Å². The van der Waals surface area contributed by atoms with E-state index in [2.05, 4.69) is 20.6 Å². The molecule has 1 aliphatic carbocycles. The molecule has 1 aromatic carbocycles. The highest BCUT2D eigenvalue weighted by molar-refractivity contribution is 5.73. The Balaban J connectivity index is 1.54. The van der Waals surface area contributed by atoms with Crippen LogP contribution in [0.5, 0.6) is 0 Å². The van der Waals surface area contributed by atoms with Crippen LogP contribution in [-0.4, -0.2) is 33.9 Å². The van der Waals surface area contributed by atoms with Crippen molar-refractivity contribution in [3.63, 3.8) is 0 Å². The van der Waals surface area contributed by atoms with Gasteiger partial charge in [-0.2, -0.15) is 0 Å². The van der Waals surface area contributed by atoms with Crippen LogP contribution >= 0.6 is 0 Å². The summed E-state index contributed by atoms with van der Waals surface area (Å²) in [6.45, 7) is 3.53. The number of anilines is 2. The smallest absolute Gasteiger partial charge is 0.219 e. The van der Waals surface area contributed by atoms with E-state index < -0.39 is 0 Å². The van der Waals surface area contributed by atoms with Gasteiger partial charge in [-0.15, -0.1) is 0 Å². The van der Waals surface area contributed by atoms with Gasteiger partial charge in [0.15, 0.2) is 0 Å². The number of rotatable bonds is 5. The predicted octanol–water partition coefficient (Wildman–Crippen LogP) is 3.34. The van der Waals surface area contributed by atoms with E-state index in [0.29, 0.717) is 13.1 Å². The highest BCUT2D eigenvalue weighted by Gasteiger charge is 2.25. The Bertz CT molecular complexity index is 839. The van der Waals surface area contributed by atoms with Gasteiger partial charge in [-0.05, 0) is 48.4 Å². The predicted molar refractivity (Wildman–Crippen MR) is 102 cm³/mol. The van der Waals surface area contributed by atoms with Crippen molar-refractivity contribution in [1.82, 2.24) is 14.9 Å². The number of halogens is 1. The van der Waals surface area contributed by atoms with Crippen LogP contribution in [0.25, 0.3) is 0 Å². The number of fused-ring (bicyclic) bond motifs is 1. The second-order valence-corrected chi connectivity index (χ2v) is 7.38.